The lowest BCUT2D eigenvalue weighted by Crippen LogP contribution is -2.28. The molecular formula is C35H37FN6O3. The second kappa shape index (κ2) is 13.1. The molecule has 0 bridgehead atoms. The molecule has 0 radical (unpaired) electrons. The molecule has 1 fully saturated rings. The molecule has 4 heterocycles. The number of pyridine rings is 2. The van der Waals surface area contributed by atoms with Gasteiger partial charge in [-0.1, -0.05) is 29.8 Å². The standard InChI is InChI=1S/C35H37FN6O3/c1-3-42-19-26(17-39-42)25-14-29(34(37)38-16-25)28-9-8-27(15-32(28)36)40-35(44)31-21-41(18-23-10-12-45-13-11-23)20-30(33(31)43)24-6-4-22(2)5-7-24/h4-9,14-16,19-21,23,39H,3,10-13,17-18H2,1-2H3,(H2,37,38)(H,40,44). The number of aryl methyl sites for hydroxylation is 1. The van der Waals surface area contributed by atoms with E-state index in [2.05, 4.69) is 15.7 Å². The molecule has 4 N–H and O–H groups in total. The molecule has 0 unspecified atom stereocenters. The summed E-state index contributed by atoms with van der Waals surface area (Å²) in [5, 5.41) is 4.71. The van der Waals surface area contributed by atoms with E-state index in [1.165, 1.54) is 6.07 Å². The van der Waals surface area contributed by atoms with Crippen molar-refractivity contribution in [2.75, 3.05) is 37.4 Å². The highest BCUT2D eigenvalue weighted by molar-refractivity contribution is 6.04. The van der Waals surface area contributed by atoms with E-state index in [0.29, 0.717) is 43.3 Å². The minimum Gasteiger partial charge on any atom is -0.383 e. The molecule has 45 heavy (non-hydrogen) atoms. The van der Waals surface area contributed by atoms with E-state index in [1.807, 2.05) is 66.2 Å². The van der Waals surface area contributed by atoms with Gasteiger partial charge in [0.25, 0.3) is 5.91 Å². The third kappa shape index (κ3) is 6.67. The second-order valence-electron chi connectivity index (χ2n) is 11.6. The lowest BCUT2D eigenvalue weighted by atomic mass is 9.99. The van der Waals surface area contributed by atoms with Crippen molar-refractivity contribution in [2.45, 2.75) is 33.2 Å². The molecule has 2 aromatic carbocycles. The van der Waals surface area contributed by atoms with Crippen LogP contribution in [0.4, 0.5) is 15.9 Å². The third-order valence-corrected chi connectivity index (χ3v) is 8.43. The highest BCUT2D eigenvalue weighted by atomic mass is 19.1. The first kappa shape index (κ1) is 30.2. The first-order valence-corrected chi connectivity index (χ1v) is 15.3. The Kier molecular flexibility index (Phi) is 8.77. The predicted octanol–water partition coefficient (Wildman–Crippen LogP) is 5.47. The Morgan fingerprint density at radius 2 is 1.84 bits per heavy atom. The number of hydrogen-bond acceptors (Lipinski definition) is 7. The van der Waals surface area contributed by atoms with E-state index in [-0.39, 0.29) is 28.1 Å². The Bertz CT molecular complexity index is 1810. The van der Waals surface area contributed by atoms with Gasteiger partial charge in [-0.3, -0.25) is 9.59 Å². The number of benzene rings is 2. The summed E-state index contributed by atoms with van der Waals surface area (Å²) in [6.45, 7) is 7.51. The Morgan fingerprint density at radius 3 is 2.56 bits per heavy atom. The van der Waals surface area contributed by atoms with Gasteiger partial charge in [-0.15, -0.1) is 0 Å². The maximum Gasteiger partial charge on any atom is 0.261 e. The zero-order chi connectivity index (χ0) is 31.5. The molecule has 9 nitrogen and oxygen atoms in total. The van der Waals surface area contributed by atoms with E-state index >= 15 is 4.39 Å². The molecular weight excluding hydrogens is 571 g/mol. The number of nitrogens with two attached hydrogens (primary N) is 1. The number of hydrazine groups is 1. The smallest absolute Gasteiger partial charge is 0.261 e. The fraction of sp³-hybridized carbons (Fsp3) is 0.286. The summed E-state index contributed by atoms with van der Waals surface area (Å²) in [5.74, 6) is -0.605. The van der Waals surface area contributed by atoms with Gasteiger partial charge < -0.3 is 25.4 Å². The lowest BCUT2D eigenvalue weighted by Gasteiger charge is -2.23. The number of ether oxygens (including phenoxy) is 1. The van der Waals surface area contributed by atoms with Gasteiger partial charge in [-0.25, -0.2) is 14.8 Å². The number of carbonyl (C=O) groups excluding carboxylic acids is 1. The average molecular weight is 609 g/mol. The zero-order valence-electron chi connectivity index (χ0n) is 25.5. The average Bonchev–Trinajstić information content (AvgIpc) is 3.53. The Hall–Kier alpha value is -4.80. The highest BCUT2D eigenvalue weighted by Crippen LogP contribution is 2.32. The quantitative estimate of drug-likeness (QED) is 0.243. The van der Waals surface area contributed by atoms with Crippen LogP contribution < -0.4 is 21.9 Å². The Balaban J connectivity index is 1.28. The van der Waals surface area contributed by atoms with Gasteiger partial charge >= 0.3 is 0 Å². The van der Waals surface area contributed by atoms with Crippen LogP contribution in [0.25, 0.3) is 27.8 Å². The topological polar surface area (TPSA) is 115 Å². The number of nitrogen functional groups attached to an aromatic ring is 1. The molecule has 232 valence electrons. The number of nitrogens with one attached hydrogen (secondary N) is 2. The fourth-order valence-electron chi connectivity index (χ4n) is 5.79. The van der Waals surface area contributed by atoms with Crippen molar-refractivity contribution in [3.63, 3.8) is 0 Å². The van der Waals surface area contributed by atoms with Gasteiger partial charge in [0.05, 0.1) is 0 Å². The van der Waals surface area contributed by atoms with Crippen molar-refractivity contribution in [2.24, 2.45) is 5.92 Å². The maximum atomic E-state index is 15.6. The lowest BCUT2D eigenvalue weighted by molar-refractivity contribution is 0.0612. The van der Waals surface area contributed by atoms with Crippen molar-refractivity contribution in [1.82, 2.24) is 20.0 Å². The molecule has 0 saturated carbocycles. The molecule has 6 rings (SSSR count). The van der Waals surface area contributed by atoms with Crippen LogP contribution in [0.5, 0.6) is 0 Å². The molecule has 1 amide bonds. The predicted molar refractivity (Wildman–Crippen MR) is 175 cm³/mol. The first-order valence-electron chi connectivity index (χ1n) is 15.3. The summed E-state index contributed by atoms with van der Waals surface area (Å²) < 4.78 is 23.0. The van der Waals surface area contributed by atoms with Crippen molar-refractivity contribution >= 4 is 23.0 Å². The summed E-state index contributed by atoms with van der Waals surface area (Å²) in [5.41, 5.74) is 14.1. The molecule has 1 saturated heterocycles. The Morgan fingerprint density at radius 1 is 1.07 bits per heavy atom. The molecule has 0 spiro atoms. The van der Waals surface area contributed by atoms with Crippen LogP contribution in [0.3, 0.4) is 0 Å². The normalized spacial score (nSPS) is 15.3. The number of amides is 1. The van der Waals surface area contributed by atoms with Gasteiger partial charge in [0.2, 0.25) is 5.43 Å². The van der Waals surface area contributed by atoms with Gasteiger partial charge in [0.15, 0.2) is 0 Å². The zero-order valence-corrected chi connectivity index (χ0v) is 25.5. The van der Waals surface area contributed by atoms with Crippen LogP contribution in [0.15, 0.2) is 78.1 Å². The SMILES string of the molecule is CCN1C=C(c2cnc(N)c(-c3ccc(NC(=O)c4cn(CC5CCOCC5)cc(-c5ccc(C)cc5)c4=O)cc3F)c2)CN1. The van der Waals surface area contributed by atoms with Crippen LogP contribution in [-0.2, 0) is 11.3 Å². The fourth-order valence-corrected chi connectivity index (χ4v) is 5.79. The largest absolute Gasteiger partial charge is 0.383 e. The molecule has 0 aliphatic carbocycles. The van der Waals surface area contributed by atoms with E-state index in [4.69, 9.17) is 10.5 Å². The van der Waals surface area contributed by atoms with Crippen molar-refractivity contribution in [3.8, 4) is 22.3 Å². The van der Waals surface area contributed by atoms with Crippen LogP contribution in [-0.4, -0.2) is 46.8 Å². The van der Waals surface area contributed by atoms with E-state index in [9.17, 15) is 9.59 Å². The van der Waals surface area contributed by atoms with Gasteiger partial charge in [0.1, 0.15) is 17.2 Å². The van der Waals surface area contributed by atoms with E-state index in [0.717, 1.165) is 41.6 Å². The summed E-state index contributed by atoms with van der Waals surface area (Å²) in [6.07, 6.45) is 8.91. The summed E-state index contributed by atoms with van der Waals surface area (Å²) in [4.78, 5) is 31.5. The first-order chi connectivity index (χ1) is 21.8. The van der Waals surface area contributed by atoms with Crippen LogP contribution in [0.1, 0.15) is 41.3 Å². The number of carbonyl (C=O) groups is 1. The maximum absolute atomic E-state index is 15.6. The molecule has 2 aliphatic rings. The van der Waals surface area contributed by atoms with Crippen LogP contribution >= 0.6 is 0 Å². The van der Waals surface area contributed by atoms with Crippen molar-refractivity contribution in [3.05, 3.63) is 106 Å². The Labute approximate surface area is 261 Å². The molecule has 4 aromatic rings. The number of hydrogen-bond donors (Lipinski definition) is 3. The van der Waals surface area contributed by atoms with E-state index < -0.39 is 11.7 Å². The minimum absolute atomic E-state index is 0.00895. The highest BCUT2D eigenvalue weighted by Gasteiger charge is 2.21. The summed E-state index contributed by atoms with van der Waals surface area (Å²) >= 11 is 0. The number of halogens is 1. The number of rotatable bonds is 8. The summed E-state index contributed by atoms with van der Waals surface area (Å²) in [7, 11) is 0. The number of nitrogens with zero attached hydrogens (tertiary/aromatic N) is 3. The van der Waals surface area contributed by atoms with Gasteiger partial charge in [-0.05, 0) is 73.6 Å². The third-order valence-electron chi connectivity index (χ3n) is 8.43. The molecule has 10 heteroatoms. The second-order valence-corrected chi connectivity index (χ2v) is 11.6. The van der Waals surface area contributed by atoms with Crippen LogP contribution in [0, 0.1) is 18.7 Å². The molecule has 2 aliphatic heterocycles. The molecule has 0 atom stereocenters. The summed E-state index contributed by atoms with van der Waals surface area (Å²) in [6, 6.07) is 13.9. The van der Waals surface area contributed by atoms with Crippen molar-refractivity contribution < 1.29 is 13.9 Å². The molecule has 2 aromatic heterocycles. The number of aromatic nitrogens is 2. The van der Waals surface area contributed by atoms with E-state index in [1.54, 1.807) is 24.5 Å². The van der Waals surface area contributed by atoms with Gasteiger partial charge in [0, 0.05) is 80.0 Å². The van der Waals surface area contributed by atoms with Crippen LogP contribution in [0.2, 0.25) is 0 Å². The van der Waals surface area contributed by atoms with Crippen molar-refractivity contribution in [1.29, 1.82) is 0 Å². The number of anilines is 2. The minimum atomic E-state index is -0.605. The monoisotopic (exact) mass is 608 g/mol. The van der Waals surface area contributed by atoms with Gasteiger partial charge in [-0.2, -0.15) is 0 Å².